The lowest BCUT2D eigenvalue weighted by molar-refractivity contribution is 0.306. The predicted molar refractivity (Wildman–Crippen MR) is 76.2 cm³/mol. The van der Waals surface area contributed by atoms with E-state index >= 15 is 0 Å². The zero-order chi connectivity index (χ0) is 15.0. The first-order chi connectivity index (χ1) is 9.46. The molecule has 0 atom stereocenters. The Kier molecular flexibility index (Phi) is 6.07. The standard InChI is InChI=1S/C11H18N4O4S/c1-2-7-13-20(17,18)15-9-3-5-10(6-4-9)19-8-11(12)14-16/h3-6,13,15-16H,2,7-8H2,1H3,(H2,12,14). The highest BCUT2D eigenvalue weighted by molar-refractivity contribution is 7.90. The number of amidine groups is 1. The maximum Gasteiger partial charge on any atom is 0.299 e. The van der Waals surface area contributed by atoms with Crippen molar-refractivity contribution in [3.63, 3.8) is 0 Å². The van der Waals surface area contributed by atoms with Crippen molar-refractivity contribution in [1.82, 2.24) is 4.72 Å². The molecular formula is C11H18N4O4S. The van der Waals surface area contributed by atoms with Crippen LogP contribution in [0.4, 0.5) is 5.69 Å². The summed E-state index contributed by atoms with van der Waals surface area (Å²) in [7, 11) is -3.55. The molecule has 0 radical (unpaired) electrons. The molecule has 0 unspecified atom stereocenters. The van der Waals surface area contributed by atoms with Crippen LogP contribution in [0, 0.1) is 0 Å². The van der Waals surface area contributed by atoms with Crippen molar-refractivity contribution in [2.75, 3.05) is 17.9 Å². The molecule has 0 saturated heterocycles. The van der Waals surface area contributed by atoms with Crippen LogP contribution in [0.15, 0.2) is 29.4 Å². The van der Waals surface area contributed by atoms with E-state index in [-0.39, 0.29) is 12.4 Å². The van der Waals surface area contributed by atoms with Gasteiger partial charge >= 0.3 is 0 Å². The molecule has 0 fully saturated rings. The highest BCUT2D eigenvalue weighted by Crippen LogP contribution is 2.16. The Morgan fingerprint density at radius 1 is 1.40 bits per heavy atom. The molecule has 20 heavy (non-hydrogen) atoms. The van der Waals surface area contributed by atoms with Gasteiger partial charge in [-0.3, -0.25) is 4.72 Å². The lowest BCUT2D eigenvalue weighted by Gasteiger charge is -2.09. The average Bonchev–Trinajstić information content (AvgIpc) is 2.43. The van der Waals surface area contributed by atoms with Gasteiger partial charge in [0.05, 0.1) is 0 Å². The normalized spacial score (nSPS) is 12.2. The largest absolute Gasteiger partial charge is 0.486 e. The zero-order valence-corrected chi connectivity index (χ0v) is 11.9. The third kappa shape index (κ3) is 5.76. The number of benzene rings is 1. The Labute approximate surface area is 117 Å². The van der Waals surface area contributed by atoms with Crippen LogP contribution in [-0.4, -0.2) is 32.6 Å². The van der Waals surface area contributed by atoms with Gasteiger partial charge in [0.2, 0.25) is 0 Å². The number of hydrogen-bond acceptors (Lipinski definition) is 5. The van der Waals surface area contributed by atoms with E-state index in [1.807, 2.05) is 6.92 Å². The molecular weight excluding hydrogens is 284 g/mol. The van der Waals surface area contributed by atoms with Crippen LogP contribution in [0.3, 0.4) is 0 Å². The molecule has 112 valence electrons. The van der Waals surface area contributed by atoms with Gasteiger partial charge in [-0.05, 0) is 30.7 Å². The number of rotatable bonds is 8. The first kappa shape index (κ1) is 16.1. The molecule has 1 aromatic rings. The zero-order valence-electron chi connectivity index (χ0n) is 11.0. The predicted octanol–water partition coefficient (Wildman–Crippen LogP) is 0.468. The van der Waals surface area contributed by atoms with Crippen molar-refractivity contribution < 1.29 is 18.4 Å². The van der Waals surface area contributed by atoms with Gasteiger partial charge < -0.3 is 15.7 Å². The molecule has 0 aliphatic heterocycles. The quantitative estimate of drug-likeness (QED) is 0.240. The van der Waals surface area contributed by atoms with Gasteiger partial charge in [-0.25, -0.2) is 0 Å². The van der Waals surface area contributed by atoms with Crippen LogP contribution < -0.4 is 19.9 Å². The second kappa shape index (κ2) is 7.56. The molecule has 0 aliphatic rings. The van der Waals surface area contributed by atoms with E-state index in [0.29, 0.717) is 24.4 Å². The third-order valence-corrected chi connectivity index (χ3v) is 3.25. The van der Waals surface area contributed by atoms with E-state index in [1.54, 1.807) is 24.3 Å². The second-order valence-corrected chi connectivity index (χ2v) is 5.40. The molecule has 0 spiro atoms. The minimum atomic E-state index is -3.55. The molecule has 1 rings (SSSR count). The Morgan fingerprint density at radius 3 is 2.60 bits per heavy atom. The summed E-state index contributed by atoms with van der Waals surface area (Å²) in [6.07, 6.45) is 0.710. The summed E-state index contributed by atoms with van der Waals surface area (Å²) in [6, 6.07) is 6.24. The van der Waals surface area contributed by atoms with E-state index in [0.717, 1.165) is 0 Å². The lowest BCUT2D eigenvalue weighted by Crippen LogP contribution is -2.30. The summed E-state index contributed by atoms with van der Waals surface area (Å²) in [5.74, 6) is 0.416. The Hall–Kier alpha value is -2.00. The molecule has 1 aromatic carbocycles. The Bertz CT molecular complexity index is 542. The number of ether oxygens (including phenoxy) is 1. The van der Waals surface area contributed by atoms with Crippen molar-refractivity contribution in [2.45, 2.75) is 13.3 Å². The highest BCUT2D eigenvalue weighted by Gasteiger charge is 2.08. The fourth-order valence-corrected chi connectivity index (χ4v) is 2.22. The van der Waals surface area contributed by atoms with Gasteiger partial charge in [-0.15, -0.1) is 0 Å². The highest BCUT2D eigenvalue weighted by atomic mass is 32.2. The van der Waals surface area contributed by atoms with E-state index in [1.165, 1.54) is 0 Å². The maximum absolute atomic E-state index is 11.6. The number of nitrogens with one attached hydrogen (secondary N) is 2. The second-order valence-electron chi connectivity index (χ2n) is 3.90. The number of hydrogen-bond donors (Lipinski definition) is 4. The van der Waals surface area contributed by atoms with Crippen molar-refractivity contribution in [1.29, 1.82) is 0 Å². The van der Waals surface area contributed by atoms with Crippen LogP contribution >= 0.6 is 0 Å². The summed E-state index contributed by atoms with van der Waals surface area (Å²) in [6.45, 7) is 2.19. The van der Waals surface area contributed by atoms with Crippen molar-refractivity contribution in [3.8, 4) is 5.75 Å². The molecule has 0 aromatic heterocycles. The first-order valence-corrected chi connectivity index (χ1v) is 7.42. The SMILES string of the molecule is CCCNS(=O)(=O)Nc1ccc(OC/C(N)=N/O)cc1. The molecule has 0 amide bonds. The Balaban J connectivity index is 2.58. The molecule has 5 N–H and O–H groups in total. The van der Waals surface area contributed by atoms with Gasteiger partial charge in [0, 0.05) is 12.2 Å². The van der Waals surface area contributed by atoms with Gasteiger partial charge in [-0.2, -0.15) is 13.1 Å². The third-order valence-electron chi connectivity index (χ3n) is 2.16. The summed E-state index contributed by atoms with van der Waals surface area (Å²) in [5.41, 5.74) is 5.66. The minimum absolute atomic E-state index is 0.0559. The van der Waals surface area contributed by atoms with E-state index in [9.17, 15) is 8.42 Å². The molecule has 0 aliphatic carbocycles. The van der Waals surface area contributed by atoms with Crippen LogP contribution in [0.25, 0.3) is 0 Å². The van der Waals surface area contributed by atoms with Crippen LogP contribution in [-0.2, 0) is 10.2 Å². The van der Waals surface area contributed by atoms with Crippen LogP contribution in [0.2, 0.25) is 0 Å². The van der Waals surface area contributed by atoms with Gasteiger partial charge in [0.15, 0.2) is 5.84 Å². The fourth-order valence-electron chi connectivity index (χ4n) is 1.23. The molecule has 0 bridgehead atoms. The van der Waals surface area contributed by atoms with Crippen molar-refractivity contribution >= 4 is 21.7 Å². The summed E-state index contributed by atoms with van der Waals surface area (Å²) in [4.78, 5) is 0. The topological polar surface area (TPSA) is 126 Å². The number of nitrogens with zero attached hydrogens (tertiary/aromatic N) is 1. The average molecular weight is 302 g/mol. The van der Waals surface area contributed by atoms with E-state index in [4.69, 9.17) is 15.7 Å². The van der Waals surface area contributed by atoms with E-state index in [2.05, 4.69) is 14.6 Å². The number of oxime groups is 1. The monoisotopic (exact) mass is 302 g/mol. The van der Waals surface area contributed by atoms with Gasteiger partial charge in [-0.1, -0.05) is 12.1 Å². The van der Waals surface area contributed by atoms with Gasteiger partial charge in [0.25, 0.3) is 10.2 Å². The summed E-state index contributed by atoms with van der Waals surface area (Å²) >= 11 is 0. The number of anilines is 1. The van der Waals surface area contributed by atoms with Gasteiger partial charge in [0.1, 0.15) is 12.4 Å². The lowest BCUT2D eigenvalue weighted by atomic mass is 10.3. The minimum Gasteiger partial charge on any atom is -0.486 e. The summed E-state index contributed by atoms with van der Waals surface area (Å²) in [5, 5.41) is 11.1. The van der Waals surface area contributed by atoms with Crippen molar-refractivity contribution in [2.24, 2.45) is 10.9 Å². The van der Waals surface area contributed by atoms with Crippen LogP contribution in [0.1, 0.15) is 13.3 Å². The van der Waals surface area contributed by atoms with Crippen LogP contribution in [0.5, 0.6) is 5.75 Å². The molecule has 9 heteroatoms. The Morgan fingerprint density at radius 2 is 2.05 bits per heavy atom. The maximum atomic E-state index is 11.6. The smallest absolute Gasteiger partial charge is 0.299 e. The first-order valence-electron chi connectivity index (χ1n) is 5.93. The molecule has 0 heterocycles. The fraction of sp³-hybridized carbons (Fsp3) is 0.364. The number of nitrogens with two attached hydrogens (primary N) is 1. The van der Waals surface area contributed by atoms with E-state index < -0.39 is 10.2 Å². The molecule has 8 nitrogen and oxygen atoms in total. The van der Waals surface area contributed by atoms with Crippen molar-refractivity contribution in [3.05, 3.63) is 24.3 Å². The summed E-state index contributed by atoms with van der Waals surface area (Å²) < 4.78 is 33.1. The molecule has 0 saturated carbocycles.